The normalized spacial score (nSPS) is 14.5. The van der Waals surface area contributed by atoms with Crippen LogP contribution in [0.1, 0.15) is 28.9 Å². The molecule has 3 aromatic rings. The molecule has 1 saturated heterocycles. The van der Waals surface area contributed by atoms with Crippen LogP contribution < -0.4 is 5.32 Å². The van der Waals surface area contributed by atoms with Crippen molar-refractivity contribution in [1.82, 2.24) is 14.7 Å². The summed E-state index contributed by atoms with van der Waals surface area (Å²) in [6, 6.07) is 14.6. The van der Waals surface area contributed by atoms with Crippen LogP contribution in [-0.2, 0) is 4.79 Å². The van der Waals surface area contributed by atoms with E-state index in [1.54, 1.807) is 21.7 Å². The second-order valence-corrected chi connectivity index (χ2v) is 8.06. The van der Waals surface area contributed by atoms with Gasteiger partial charge in [-0.05, 0) is 62.2 Å². The highest BCUT2D eigenvalue weighted by Crippen LogP contribution is 2.24. The van der Waals surface area contributed by atoms with Gasteiger partial charge in [-0.15, -0.1) is 0 Å². The van der Waals surface area contributed by atoms with E-state index in [9.17, 15) is 14.0 Å². The maximum Gasteiger partial charge on any atom is 0.253 e. The summed E-state index contributed by atoms with van der Waals surface area (Å²) < 4.78 is 14.7. The third kappa shape index (κ3) is 4.77. The fourth-order valence-corrected chi connectivity index (χ4v) is 3.93. The van der Waals surface area contributed by atoms with Crippen molar-refractivity contribution in [3.05, 3.63) is 76.7 Å². The zero-order valence-corrected chi connectivity index (χ0v) is 17.8. The van der Waals surface area contributed by atoms with Gasteiger partial charge in [0.15, 0.2) is 0 Å². The highest BCUT2D eigenvalue weighted by atomic mass is 35.5. The van der Waals surface area contributed by atoms with Crippen molar-refractivity contribution < 1.29 is 14.0 Å². The predicted molar refractivity (Wildman–Crippen MR) is 117 cm³/mol. The van der Waals surface area contributed by atoms with Crippen LogP contribution in [0.15, 0.2) is 54.6 Å². The van der Waals surface area contributed by atoms with Gasteiger partial charge in [0.1, 0.15) is 11.6 Å². The smallest absolute Gasteiger partial charge is 0.253 e. The maximum absolute atomic E-state index is 13.1. The van der Waals surface area contributed by atoms with E-state index in [4.69, 9.17) is 11.6 Å². The minimum absolute atomic E-state index is 0.0999. The quantitative estimate of drug-likeness (QED) is 0.651. The lowest BCUT2D eigenvalue weighted by atomic mass is 9.95. The first-order valence-electron chi connectivity index (χ1n) is 10.1. The van der Waals surface area contributed by atoms with Crippen molar-refractivity contribution in [2.24, 2.45) is 5.92 Å². The molecular weight excluding hydrogens is 419 g/mol. The van der Waals surface area contributed by atoms with Gasteiger partial charge in [0, 0.05) is 35.7 Å². The SMILES string of the molecule is Cc1cc(NC(=O)C2CCN(C(=O)c3ccc(F)cc3)CC2)n(-c2cccc(Cl)c2)n1. The number of rotatable bonds is 4. The molecule has 0 atom stereocenters. The molecule has 0 bridgehead atoms. The number of halogens is 2. The third-order valence-electron chi connectivity index (χ3n) is 5.38. The van der Waals surface area contributed by atoms with Crippen LogP contribution >= 0.6 is 11.6 Å². The Hall–Kier alpha value is -3.19. The number of nitrogens with one attached hydrogen (secondary N) is 1. The highest BCUT2D eigenvalue weighted by molar-refractivity contribution is 6.30. The van der Waals surface area contributed by atoms with Gasteiger partial charge in [0.25, 0.3) is 5.91 Å². The summed E-state index contributed by atoms with van der Waals surface area (Å²) in [6.45, 7) is 2.80. The van der Waals surface area contributed by atoms with Gasteiger partial charge < -0.3 is 10.2 Å². The zero-order chi connectivity index (χ0) is 22.0. The molecule has 1 fully saturated rings. The van der Waals surface area contributed by atoms with E-state index in [2.05, 4.69) is 10.4 Å². The number of hydrogen-bond donors (Lipinski definition) is 1. The molecule has 1 aliphatic heterocycles. The number of benzene rings is 2. The topological polar surface area (TPSA) is 67.2 Å². The number of amides is 2. The van der Waals surface area contributed by atoms with Crippen molar-refractivity contribution in [1.29, 1.82) is 0 Å². The Bertz CT molecular complexity index is 1110. The van der Waals surface area contributed by atoms with Crippen molar-refractivity contribution >= 4 is 29.2 Å². The van der Waals surface area contributed by atoms with Gasteiger partial charge in [-0.25, -0.2) is 9.07 Å². The Labute approximate surface area is 184 Å². The number of aromatic nitrogens is 2. The number of hydrogen-bond acceptors (Lipinski definition) is 3. The molecule has 4 rings (SSSR count). The van der Waals surface area contributed by atoms with Gasteiger partial charge in [0.05, 0.1) is 11.4 Å². The van der Waals surface area contributed by atoms with E-state index in [1.807, 2.05) is 25.1 Å². The van der Waals surface area contributed by atoms with Crippen molar-refractivity contribution in [3.63, 3.8) is 0 Å². The number of piperidine rings is 1. The lowest BCUT2D eigenvalue weighted by molar-refractivity contribution is -0.121. The first-order valence-corrected chi connectivity index (χ1v) is 10.5. The van der Waals surface area contributed by atoms with E-state index in [0.29, 0.717) is 42.3 Å². The van der Waals surface area contributed by atoms with E-state index in [-0.39, 0.29) is 23.5 Å². The van der Waals surface area contributed by atoms with Gasteiger partial charge in [-0.2, -0.15) is 5.10 Å². The molecular formula is C23H22ClFN4O2. The molecule has 0 unspecified atom stereocenters. The van der Waals surface area contributed by atoms with Crippen LogP contribution in [0.2, 0.25) is 5.02 Å². The lowest BCUT2D eigenvalue weighted by Gasteiger charge is -2.31. The van der Waals surface area contributed by atoms with Crippen LogP contribution in [0.5, 0.6) is 0 Å². The molecule has 6 nitrogen and oxygen atoms in total. The molecule has 1 aromatic heterocycles. The van der Waals surface area contributed by atoms with E-state index < -0.39 is 0 Å². The molecule has 0 spiro atoms. The Morgan fingerprint density at radius 2 is 1.81 bits per heavy atom. The Morgan fingerprint density at radius 1 is 1.10 bits per heavy atom. The lowest BCUT2D eigenvalue weighted by Crippen LogP contribution is -2.41. The van der Waals surface area contributed by atoms with Crippen molar-refractivity contribution in [2.75, 3.05) is 18.4 Å². The van der Waals surface area contributed by atoms with Crippen molar-refractivity contribution in [3.8, 4) is 5.69 Å². The summed E-state index contributed by atoms with van der Waals surface area (Å²) in [5, 5.41) is 8.02. The fourth-order valence-electron chi connectivity index (χ4n) is 3.74. The Kier molecular flexibility index (Phi) is 6.04. The first kappa shape index (κ1) is 21.1. The van der Waals surface area contributed by atoms with E-state index in [0.717, 1.165) is 11.4 Å². The second kappa shape index (κ2) is 8.89. The van der Waals surface area contributed by atoms with Crippen LogP contribution in [0, 0.1) is 18.7 Å². The molecule has 0 aliphatic carbocycles. The summed E-state index contributed by atoms with van der Waals surface area (Å²) in [5.74, 6) is -0.250. The summed E-state index contributed by atoms with van der Waals surface area (Å²) in [4.78, 5) is 27.2. The average molecular weight is 441 g/mol. The first-order chi connectivity index (χ1) is 14.9. The molecule has 160 valence electrons. The van der Waals surface area contributed by atoms with Gasteiger partial charge in [-0.1, -0.05) is 17.7 Å². The van der Waals surface area contributed by atoms with Crippen LogP contribution in [0.25, 0.3) is 5.69 Å². The molecule has 2 amide bonds. The van der Waals surface area contributed by atoms with E-state index in [1.165, 1.54) is 24.3 Å². The number of aryl methyl sites for hydroxylation is 1. The molecule has 2 heterocycles. The van der Waals surface area contributed by atoms with Crippen molar-refractivity contribution in [2.45, 2.75) is 19.8 Å². The molecule has 2 aromatic carbocycles. The number of likely N-dealkylation sites (tertiary alicyclic amines) is 1. The molecule has 0 saturated carbocycles. The number of carbonyl (C=O) groups is 2. The van der Waals surface area contributed by atoms with Gasteiger partial charge >= 0.3 is 0 Å². The fraction of sp³-hybridized carbons (Fsp3) is 0.261. The standard InChI is InChI=1S/C23H22ClFN4O2/c1-15-13-21(29(27-15)20-4-2-3-18(24)14-20)26-22(30)16-9-11-28(12-10-16)23(31)17-5-7-19(25)8-6-17/h2-8,13-14,16H,9-12H2,1H3,(H,26,30). The molecule has 31 heavy (non-hydrogen) atoms. The molecule has 8 heteroatoms. The second-order valence-electron chi connectivity index (χ2n) is 7.63. The largest absolute Gasteiger partial charge is 0.339 e. The monoisotopic (exact) mass is 440 g/mol. The molecule has 1 aliphatic rings. The van der Waals surface area contributed by atoms with Crippen LogP contribution in [0.4, 0.5) is 10.2 Å². The van der Waals surface area contributed by atoms with Gasteiger partial charge in [0.2, 0.25) is 5.91 Å². The predicted octanol–water partition coefficient (Wildman–Crippen LogP) is 4.46. The molecule has 1 N–H and O–H groups in total. The highest BCUT2D eigenvalue weighted by Gasteiger charge is 2.28. The van der Waals surface area contributed by atoms with Crippen LogP contribution in [-0.4, -0.2) is 39.6 Å². The van der Waals surface area contributed by atoms with Gasteiger partial charge in [-0.3, -0.25) is 9.59 Å². The van der Waals surface area contributed by atoms with Crippen LogP contribution in [0.3, 0.4) is 0 Å². The number of carbonyl (C=O) groups excluding carboxylic acids is 2. The Balaban J connectivity index is 1.40. The number of anilines is 1. The Morgan fingerprint density at radius 3 is 2.48 bits per heavy atom. The summed E-state index contributed by atoms with van der Waals surface area (Å²) in [7, 11) is 0. The minimum Gasteiger partial charge on any atom is -0.339 e. The average Bonchev–Trinajstić information content (AvgIpc) is 3.14. The maximum atomic E-state index is 13.1. The summed E-state index contributed by atoms with van der Waals surface area (Å²) in [5.41, 5.74) is 1.98. The summed E-state index contributed by atoms with van der Waals surface area (Å²) in [6.07, 6.45) is 1.12. The van der Waals surface area contributed by atoms with E-state index >= 15 is 0 Å². The summed E-state index contributed by atoms with van der Waals surface area (Å²) >= 11 is 6.09. The number of nitrogens with zero attached hydrogens (tertiary/aromatic N) is 3. The zero-order valence-electron chi connectivity index (χ0n) is 17.0. The third-order valence-corrected chi connectivity index (χ3v) is 5.61. The minimum atomic E-state index is -0.376. The molecule has 0 radical (unpaired) electrons.